The van der Waals surface area contributed by atoms with Crippen LogP contribution in [0.2, 0.25) is 0 Å². The Kier molecular flexibility index (Phi) is 6.51. The SMILES string of the molecule is COc1cc(Br)c(/C=C(\C#N)C(=O)Nc2ccc([N+](=O)[O-])cc2)cc1OC. The third-order valence-corrected chi connectivity index (χ3v) is 4.19. The number of hydrogen-bond donors (Lipinski definition) is 1. The predicted molar refractivity (Wildman–Crippen MR) is 103 cm³/mol. The number of benzene rings is 2. The summed E-state index contributed by atoms with van der Waals surface area (Å²) in [6.45, 7) is 0. The number of anilines is 1. The largest absolute Gasteiger partial charge is 0.493 e. The van der Waals surface area contributed by atoms with E-state index in [1.165, 1.54) is 44.6 Å². The Morgan fingerprint density at radius 3 is 2.33 bits per heavy atom. The van der Waals surface area contributed by atoms with Gasteiger partial charge in [-0.3, -0.25) is 14.9 Å². The molecule has 138 valence electrons. The average molecular weight is 432 g/mol. The van der Waals surface area contributed by atoms with Crippen LogP contribution < -0.4 is 14.8 Å². The van der Waals surface area contributed by atoms with Crippen LogP contribution in [0, 0.1) is 21.4 Å². The third-order valence-electron chi connectivity index (χ3n) is 3.50. The van der Waals surface area contributed by atoms with Gasteiger partial charge in [-0.1, -0.05) is 15.9 Å². The zero-order valence-electron chi connectivity index (χ0n) is 14.4. The number of nitrogens with one attached hydrogen (secondary N) is 1. The van der Waals surface area contributed by atoms with Gasteiger partial charge in [0.15, 0.2) is 11.5 Å². The van der Waals surface area contributed by atoms with E-state index in [4.69, 9.17) is 9.47 Å². The Bertz CT molecular complexity index is 949. The minimum Gasteiger partial charge on any atom is -0.493 e. The molecule has 8 nitrogen and oxygen atoms in total. The number of carbonyl (C=O) groups is 1. The second kappa shape index (κ2) is 8.82. The van der Waals surface area contributed by atoms with Gasteiger partial charge in [-0.25, -0.2) is 0 Å². The average Bonchev–Trinajstić information content (AvgIpc) is 2.66. The number of nitrogens with zero attached hydrogens (tertiary/aromatic N) is 2. The molecule has 1 amide bonds. The van der Waals surface area contributed by atoms with Crippen LogP contribution in [0.1, 0.15) is 5.56 Å². The molecular weight excluding hydrogens is 418 g/mol. The first-order valence-electron chi connectivity index (χ1n) is 7.48. The molecule has 0 heterocycles. The highest BCUT2D eigenvalue weighted by molar-refractivity contribution is 9.10. The summed E-state index contributed by atoms with van der Waals surface area (Å²) >= 11 is 3.36. The molecule has 0 aromatic heterocycles. The Morgan fingerprint density at radius 1 is 1.22 bits per heavy atom. The van der Waals surface area contributed by atoms with Gasteiger partial charge in [0.05, 0.1) is 19.1 Å². The lowest BCUT2D eigenvalue weighted by Crippen LogP contribution is -2.13. The summed E-state index contributed by atoms with van der Waals surface area (Å²) in [4.78, 5) is 22.5. The molecule has 27 heavy (non-hydrogen) atoms. The van der Waals surface area contributed by atoms with E-state index in [-0.39, 0.29) is 11.3 Å². The van der Waals surface area contributed by atoms with Crippen LogP contribution in [-0.4, -0.2) is 25.1 Å². The van der Waals surface area contributed by atoms with Gasteiger partial charge in [0.1, 0.15) is 11.6 Å². The van der Waals surface area contributed by atoms with Crippen molar-refractivity contribution in [3.8, 4) is 17.6 Å². The molecule has 9 heteroatoms. The zero-order chi connectivity index (χ0) is 20.0. The van der Waals surface area contributed by atoms with Crippen LogP contribution in [0.5, 0.6) is 11.5 Å². The molecule has 0 unspecified atom stereocenters. The molecule has 0 saturated heterocycles. The number of nitriles is 1. The minimum atomic E-state index is -0.645. The summed E-state index contributed by atoms with van der Waals surface area (Å²) in [7, 11) is 2.98. The van der Waals surface area contributed by atoms with Gasteiger partial charge in [-0.15, -0.1) is 0 Å². The number of ether oxygens (including phenoxy) is 2. The number of hydrogen-bond acceptors (Lipinski definition) is 6. The molecule has 0 aliphatic heterocycles. The van der Waals surface area contributed by atoms with Crippen molar-refractivity contribution in [1.29, 1.82) is 5.26 Å². The number of rotatable bonds is 6. The van der Waals surface area contributed by atoms with Gasteiger partial charge in [-0.2, -0.15) is 5.26 Å². The van der Waals surface area contributed by atoms with Crippen LogP contribution in [0.25, 0.3) is 6.08 Å². The van der Waals surface area contributed by atoms with E-state index in [0.717, 1.165) is 0 Å². The molecule has 0 fully saturated rings. The molecule has 0 radical (unpaired) electrons. The number of carbonyl (C=O) groups excluding carboxylic acids is 1. The maximum absolute atomic E-state index is 12.3. The fourth-order valence-corrected chi connectivity index (χ4v) is 2.59. The lowest BCUT2D eigenvalue weighted by molar-refractivity contribution is -0.384. The van der Waals surface area contributed by atoms with Crippen LogP contribution >= 0.6 is 15.9 Å². The molecule has 0 aliphatic rings. The van der Waals surface area contributed by atoms with Gasteiger partial charge in [0.25, 0.3) is 11.6 Å². The number of nitro benzene ring substituents is 1. The lowest BCUT2D eigenvalue weighted by atomic mass is 10.1. The molecule has 2 aromatic rings. The fourth-order valence-electron chi connectivity index (χ4n) is 2.15. The molecule has 0 bridgehead atoms. The number of methoxy groups -OCH3 is 2. The topological polar surface area (TPSA) is 114 Å². The summed E-state index contributed by atoms with van der Waals surface area (Å²) in [6.07, 6.45) is 1.40. The van der Waals surface area contributed by atoms with Gasteiger partial charge in [-0.05, 0) is 35.9 Å². The maximum Gasteiger partial charge on any atom is 0.269 e. The van der Waals surface area contributed by atoms with Crippen LogP contribution in [-0.2, 0) is 4.79 Å². The number of nitro groups is 1. The summed E-state index contributed by atoms with van der Waals surface area (Å²) < 4.78 is 11.0. The summed E-state index contributed by atoms with van der Waals surface area (Å²) in [5.74, 6) is 0.295. The van der Waals surface area contributed by atoms with Crippen molar-refractivity contribution in [2.45, 2.75) is 0 Å². The highest BCUT2D eigenvalue weighted by Gasteiger charge is 2.14. The van der Waals surface area contributed by atoms with E-state index in [9.17, 15) is 20.2 Å². The predicted octanol–water partition coefficient (Wildman–Crippen LogP) is 3.92. The summed E-state index contributed by atoms with van der Waals surface area (Å²) in [5, 5.41) is 22.5. The van der Waals surface area contributed by atoms with Gasteiger partial charge >= 0.3 is 0 Å². The van der Waals surface area contributed by atoms with E-state index < -0.39 is 10.8 Å². The van der Waals surface area contributed by atoms with Crippen molar-refractivity contribution < 1.29 is 19.2 Å². The summed E-state index contributed by atoms with van der Waals surface area (Å²) in [6, 6.07) is 10.4. The monoisotopic (exact) mass is 431 g/mol. The van der Waals surface area contributed by atoms with Crippen molar-refractivity contribution in [3.05, 3.63) is 62.1 Å². The first-order chi connectivity index (χ1) is 12.9. The smallest absolute Gasteiger partial charge is 0.269 e. The minimum absolute atomic E-state index is 0.0988. The molecular formula is C18H14BrN3O5. The standard InChI is InChI=1S/C18H14BrN3O5/c1-26-16-8-11(15(19)9-17(16)27-2)7-12(10-20)18(23)21-13-3-5-14(6-4-13)22(24)25/h3-9H,1-2H3,(H,21,23)/b12-7+. The first kappa shape index (κ1) is 19.9. The Hall–Kier alpha value is -3.38. The molecule has 0 saturated carbocycles. The molecule has 0 atom stereocenters. The summed E-state index contributed by atoms with van der Waals surface area (Å²) in [5.41, 5.74) is 0.626. The van der Waals surface area contributed by atoms with Gasteiger partial charge in [0, 0.05) is 22.3 Å². The van der Waals surface area contributed by atoms with Crippen molar-refractivity contribution in [3.63, 3.8) is 0 Å². The zero-order valence-corrected chi connectivity index (χ0v) is 15.9. The second-order valence-electron chi connectivity index (χ2n) is 5.16. The van der Waals surface area contributed by atoms with Crippen LogP contribution in [0.4, 0.5) is 11.4 Å². The Morgan fingerprint density at radius 2 is 1.81 bits per heavy atom. The molecule has 2 rings (SSSR count). The number of non-ortho nitro benzene ring substituents is 1. The van der Waals surface area contributed by atoms with Crippen LogP contribution in [0.15, 0.2) is 46.4 Å². The van der Waals surface area contributed by atoms with E-state index in [1.807, 2.05) is 6.07 Å². The highest BCUT2D eigenvalue weighted by Crippen LogP contribution is 2.34. The van der Waals surface area contributed by atoms with Gasteiger partial charge in [0.2, 0.25) is 0 Å². The van der Waals surface area contributed by atoms with E-state index in [1.54, 1.807) is 12.1 Å². The molecule has 2 aromatic carbocycles. The third kappa shape index (κ3) is 4.83. The van der Waals surface area contributed by atoms with E-state index in [0.29, 0.717) is 27.2 Å². The van der Waals surface area contributed by atoms with E-state index >= 15 is 0 Å². The first-order valence-corrected chi connectivity index (χ1v) is 8.28. The maximum atomic E-state index is 12.3. The van der Waals surface area contributed by atoms with Crippen molar-refractivity contribution >= 4 is 39.3 Å². The van der Waals surface area contributed by atoms with Crippen molar-refractivity contribution in [1.82, 2.24) is 0 Å². The molecule has 1 N–H and O–H groups in total. The van der Waals surface area contributed by atoms with Crippen LogP contribution in [0.3, 0.4) is 0 Å². The van der Waals surface area contributed by atoms with Crippen molar-refractivity contribution in [2.75, 3.05) is 19.5 Å². The Balaban J connectivity index is 2.29. The number of halogens is 1. The van der Waals surface area contributed by atoms with Gasteiger partial charge < -0.3 is 14.8 Å². The Labute approximate surface area is 163 Å². The second-order valence-corrected chi connectivity index (χ2v) is 6.01. The molecule has 0 spiro atoms. The highest BCUT2D eigenvalue weighted by atomic mass is 79.9. The number of amides is 1. The molecule has 0 aliphatic carbocycles. The van der Waals surface area contributed by atoms with E-state index in [2.05, 4.69) is 21.2 Å². The fraction of sp³-hybridized carbons (Fsp3) is 0.111. The lowest BCUT2D eigenvalue weighted by Gasteiger charge is -2.10. The normalized spacial score (nSPS) is 10.7. The quantitative estimate of drug-likeness (QED) is 0.320. The van der Waals surface area contributed by atoms with Crippen molar-refractivity contribution in [2.24, 2.45) is 0 Å².